The first-order chi connectivity index (χ1) is 22.7. The van der Waals surface area contributed by atoms with Crippen LogP contribution in [0, 0.1) is 12.8 Å². The highest BCUT2D eigenvalue weighted by atomic mass is 16.5. The number of aromatic nitrogens is 6. The van der Waals surface area contributed by atoms with E-state index in [2.05, 4.69) is 35.8 Å². The summed E-state index contributed by atoms with van der Waals surface area (Å²) in [7, 11) is 1.53. The average Bonchev–Trinajstić information content (AvgIpc) is 3.70. The second-order valence-corrected chi connectivity index (χ2v) is 11.4. The average molecular weight is 646 g/mol. The van der Waals surface area contributed by atoms with Crippen molar-refractivity contribution in [2.24, 2.45) is 5.92 Å². The molecule has 0 saturated carbocycles. The van der Waals surface area contributed by atoms with Crippen LogP contribution in [0.1, 0.15) is 60.6 Å². The molecule has 47 heavy (non-hydrogen) atoms. The third kappa shape index (κ3) is 8.48. The van der Waals surface area contributed by atoms with Crippen molar-refractivity contribution in [3.05, 3.63) is 65.8 Å². The second-order valence-electron chi connectivity index (χ2n) is 11.4. The number of benzene rings is 1. The van der Waals surface area contributed by atoms with E-state index in [0.717, 1.165) is 5.56 Å². The fourth-order valence-electron chi connectivity index (χ4n) is 5.17. The summed E-state index contributed by atoms with van der Waals surface area (Å²) in [4.78, 5) is 54.4. The van der Waals surface area contributed by atoms with Gasteiger partial charge in [-0.3, -0.25) is 19.4 Å². The number of aryl methyl sites for hydroxylation is 2. The van der Waals surface area contributed by atoms with Crippen LogP contribution < -0.4 is 20.1 Å². The molecule has 2 N–H and O–H groups in total. The maximum atomic E-state index is 13.5. The minimum atomic E-state index is -0.471. The lowest BCUT2D eigenvalue weighted by Gasteiger charge is -2.26. The predicted molar refractivity (Wildman–Crippen MR) is 168 cm³/mol. The molecule has 248 valence electrons. The number of nitrogens with one attached hydrogen (secondary N) is 2. The molecule has 1 aliphatic rings. The zero-order valence-electron chi connectivity index (χ0n) is 26.9. The zero-order valence-corrected chi connectivity index (χ0v) is 26.9. The van der Waals surface area contributed by atoms with E-state index in [1.807, 2.05) is 13.8 Å². The Hall–Kier alpha value is -5.34. The van der Waals surface area contributed by atoms with E-state index in [0.29, 0.717) is 53.4 Å². The van der Waals surface area contributed by atoms with Gasteiger partial charge >= 0.3 is 0 Å². The molecule has 0 saturated heterocycles. The third-order valence-electron chi connectivity index (χ3n) is 7.59. The van der Waals surface area contributed by atoms with E-state index < -0.39 is 6.04 Å². The molecule has 0 fully saturated rings. The molecule has 1 atom stereocenters. The van der Waals surface area contributed by atoms with Gasteiger partial charge in [0.05, 0.1) is 26.2 Å². The Balaban J connectivity index is 1.35. The molecule has 0 radical (unpaired) electrons. The molecule has 1 aromatic carbocycles. The van der Waals surface area contributed by atoms with E-state index >= 15 is 0 Å². The van der Waals surface area contributed by atoms with Crippen molar-refractivity contribution >= 4 is 17.7 Å². The highest BCUT2D eigenvalue weighted by molar-refractivity contribution is 5.94. The number of amides is 3. The lowest BCUT2D eigenvalue weighted by molar-refractivity contribution is -0.136. The van der Waals surface area contributed by atoms with Gasteiger partial charge in [-0.25, -0.2) is 9.67 Å². The fourth-order valence-corrected chi connectivity index (χ4v) is 5.17. The summed E-state index contributed by atoms with van der Waals surface area (Å²) in [5.74, 6) is 1.80. The van der Waals surface area contributed by atoms with Gasteiger partial charge < -0.3 is 29.5 Å². The van der Waals surface area contributed by atoms with Crippen LogP contribution >= 0.6 is 0 Å². The Kier molecular flexibility index (Phi) is 10.8. The number of methoxy groups -OCH3 is 1. The third-order valence-corrected chi connectivity index (χ3v) is 7.59. The standard InChI is InChI=1S/C32H39N9O6/c1-20(2)29-31-35-21(3)38-41(31)16-17-46-25-18-23(6-7-24(25)45-4)32(44)34-12-5-15-40(19-26(42)36-29)28(43)9-8-27-37-30(39-47-27)22-10-13-33-14-11-22/h6-7,10-11,13-14,18,20,29H,5,8-9,12,15-17,19H2,1-4H3,(H,34,44)(H,36,42)/t29-/m0/s1. The minimum absolute atomic E-state index is 0.0314. The van der Waals surface area contributed by atoms with Gasteiger partial charge in [-0.2, -0.15) is 10.1 Å². The van der Waals surface area contributed by atoms with Crippen molar-refractivity contribution in [3.8, 4) is 22.9 Å². The number of fused-ring (bicyclic) bond motifs is 3. The van der Waals surface area contributed by atoms with Gasteiger partial charge in [0.15, 0.2) is 11.5 Å². The van der Waals surface area contributed by atoms with E-state index in [1.165, 1.54) is 12.0 Å². The molecule has 15 nitrogen and oxygen atoms in total. The van der Waals surface area contributed by atoms with Gasteiger partial charge in [-0.15, -0.1) is 0 Å². The Morgan fingerprint density at radius 2 is 1.91 bits per heavy atom. The largest absolute Gasteiger partial charge is 0.493 e. The summed E-state index contributed by atoms with van der Waals surface area (Å²) >= 11 is 0. The van der Waals surface area contributed by atoms with Gasteiger partial charge in [0.25, 0.3) is 5.91 Å². The molecule has 2 bridgehead atoms. The van der Waals surface area contributed by atoms with Crippen LogP contribution in [0.25, 0.3) is 11.4 Å². The molecule has 4 heterocycles. The van der Waals surface area contributed by atoms with Crippen LogP contribution in [0.3, 0.4) is 0 Å². The molecule has 5 rings (SSSR count). The van der Waals surface area contributed by atoms with E-state index in [4.69, 9.17) is 14.0 Å². The van der Waals surface area contributed by atoms with Crippen LogP contribution in [0.2, 0.25) is 0 Å². The number of rotatable bonds is 6. The molecule has 3 aromatic heterocycles. The van der Waals surface area contributed by atoms with Crippen molar-refractivity contribution < 1.29 is 28.4 Å². The smallest absolute Gasteiger partial charge is 0.251 e. The van der Waals surface area contributed by atoms with Gasteiger partial charge in [0.1, 0.15) is 18.3 Å². The van der Waals surface area contributed by atoms with Crippen molar-refractivity contribution in [2.75, 3.05) is 33.4 Å². The molecule has 0 spiro atoms. The fraction of sp³-hybridized carbons (Fsp3) is 0.438. The minimum Gasteiger partial charge on any atom is -0.493 e. The van der Waals surface area contributed by atoms with Crippen molar-refractivity contribution in [1.82, 2.24) is 45.4 Å². The van der Waals surface area contributed by atoms with Crippen molar-refractivity contribution in [2.45, 2.75) is 52.6 Å². The number of nitrogens with zero attached hydrogens (tertiary/aromatic N) is 7. The Bertz CT molecular complexity index is 1690. The SMILES string of the molecule is COc1ccc2cc1OCCn1nc(C)nc1[C@H](C(C)C)NC(=O)CN(C(=O)CCc1nc(-c3ccncc3)no1)CCCNC2=O. The Morgan fingerprint density at radius 3 is 2.68 bits per heavy atom. The quantitative estimate of drug-likeness (QED) is 0.315. The van der Waals surface area contributed by atoms with Crippen LogP contribution in [-0.2, 0) is 22.6 Å². The molecular weight excluding hydrogens is 606 g/mol. The highest BCUT2D eigenvalue weighted by Gasteiger charge is 2.27. The lowest BCUT2D eigenvalue weighted by atomic mass is 10.0. The van der Waals surface area contributed by atoms with E-state index in [-0.39, 0.29) is 62.7 Å². The molecular formula is C32H39N9O6. The molecule has 4 aromatic rings. The summed E-state index contributed by atoms with van der Waals surface area (Å²) in [5, 5.41) is 14.5. The normalized spacial score (nSPS) is 16.4. The van der Waals surface area contributed by atoms with Crippen molar-refractivity contribution in [1.29, 1.82) is 0 Å². The first-order valence-electron chi connectivity index (χ1n) is 15.5. The van der Waals surface area contributed by atoms with Gasteiger partial charge in [-0.1, -0.05) is 19.0 Å². The Labute approximate surface area is 272 Å². The summed E-state index contributed by atoms with van der Waals surface area (Å²) in [6, 6.07) is 8.03. The first kappa shape index (κ1) is 33.0. The molecule has 1 aliphatic heterocycles. The molecule has 15 heteroatoms. The number of pyridine rings is 1. The predicted octanol–water partition coefficient (Wildman–Crippen LogP) is 2.53. The van der Waals surface area contributed by atoms with Crippen LogP contribution in [0.15, 0.2) is 47.2 Å². The molecule has 0 aliphatic carbocycles. The highest BCUT2D eigenvalue weighted by Crippen LogP contribution is 2.28. The van der Waals surface area contributed by atoms with Crippen LogP contribution in [0.4, 0.5) is 0 Å². The Morgan fingerprint density at radius 1 is 1.11 bits per heavy atom. The molecule has 0 unspecified atom stereocenters. The number of carbonyl (C=O) groups is 3. The zero-order chi connectivity index (χ0) is 33.3. The van der Waals surface area contributed by atoms with Crippen LogP contribution in [-0.4, -0.2) is 85.9 Å². The number of hydrogen-bond acceptors (Lipinski definition) is 11. The number of ether oxygens (including phenoxy) is 2. The number of hydrogen-bond donors (Lipinski definition) is 2. The first-order valence-corrected chi connectivity index (χ1v) is 15.5. The topological polar surface area (TPSA) is 179 Å². The van der Waals surface area contributed by atoms with Gasteiger partial charge in [0, 0.05) is 49.5 Å². The second kappa shape index (κ2) is 15.3. The monoisotopic (exact) mass is 645 g/mol. The van der Waals surface area contributed by atoms with Crippen molar-refractivity contribution in [3.63, 3.8) is 0 Å². The van der Waals surface area contributed by atoms with Gasteiger partial charge in [0.2, 0.25) is 23.5 Å². The van der Waals surface area contributed by atoms with Crippen LogP contribution in [0.5, 0.6) is 11.5 Å². The van der Waals surface area contributed by atoms with Gasteiger partial charge in [-0.05, 0) is 49.6 Å². The summed E-state index contributed by atoms with van der Waals surface area (Å²) in [6.45, 7) is 6.62. The number of carbonyl (C=O) groups excluding carboxylic acids is 3. The summed E-state index contributed by atoms with van der Waals surface area (Å²) in [5.41, 5.74) is 1.15. The lowest BCUT2D eigenvalue weighted by Crippen LogP contribution is -2.44. The maximum absolute atomic E-state index is 13.5. The maximum Gasteiger partial charge on any atom is 0.251 e. The summed E-state index contributed by atoms with van der Waals surface area (Å²) < 4.78 is 18.5. The van der Waals surface area contributed by atoms with E-state index in [9.17, 15) is 14.4 Å². The molecule has 3 amide bonds. The van der Waals surface area contributed by atoms with E-state index in [1.54, 1.807) is 54.3 Å². The summed E-state index contributed by atoms with van der Waals surface area (Å²) in [6.07, 6.45) is 3.93.